The van der Waals surface area contributed by atoms with E-state index in [1.807, 2.05) is 19.1 Å². The van der Waals surface area contributed by atoms with Crippen LogP contribution in [0.15, 0.2) is 48.9 Å². The molecule has 1 aromatic carbocycles. The van der Waals surface area contributed by atoms with Gasteiger partial charge in [0.2, 0.25) is 5.91 Å². The van der Waals surface area contributed by atoms with E-state index in [9.17, 15) is 18.4 Å². The van der Waals surface area contributed by atoms with Crippen LogP contribution < -0.4 is 5.32 Å². The molecule has 2 fully saturated rings. The molecule has 2 aromatic heterocycles. The van der Waals surface area contributed by atoms with Crippen LogP contribution in [-0.4, -0.2) is 69.3 Å². The molecule has 0 aliphatic carbocycles. The van der Waals surface area contributed by atoms with Gasteiger partial charge in [-0.3, -0.25) is 18.9 Å². The maximum absolute atomic E-state index is 14.0. The van der Waals surface area contributed by atoms with E-state index in [2.05, 4.69) is 15.2 Å². The van der Waals surface area contributed by atoms with Gasteiger partial charge in [0.25, 0.3) is 5.91 Å². The monoisotopic (exact) mass is 481 g/mol. The van der Waals surface area contributed by atoms with E-state index < -0.39 is 17.7 Å². The maximum atomic E-state index is 14.0. The fraction of sp³-hybridized carbons (Fsp3) is 0.423. The molecule has 0 spiro atoms. The molecule has 5 rings (SSSR count). The van der Waals surface area contributed by atoms with Gasteiger partial charge in [-0.2, -0.15) is 0 Å². The average molecular weight is 482 g/mol. The van der Waals surface area contributed by atoms with Gasteiger partial charge in [0.1, 0.15) is 17.3 Å². The Morgan fingerprint density at radius 3 is 2.57 bits per heavy atom. The number of amides is 2. The number of pyridine rings is 1. The number of benzene rings is 1. The van der Waals surface area contributed by atoms with Crippen molar-refractivity contribution in [2.75, 3.05) is 26.2 Å². The fourth-order valence-electron chi connectivity index (χ4n) is 5.35. The summed E-state index contributed by atoms with van der Waals surface area (Å²) in [5.41, 5.74) is 1.78. The van der Waals surface area contributed by atoms with Gasteiger partial charge in [-0.05, 0) is 69.1 Å². The summed E-state index contributed by atoms with van der Waals surface area (Å²) in [6.07, 6.45) is 5.88. The van der Waals surface area contributed by atoms with Crippen LogP contribution >= 0.6 is 0 Å². The van der Waals surface area contributed by atoms with Crippen molar-refractivity contribution in [3.8, 4) is 0 Å². The minimum Gasteiger partial charge on any atom is -0.350 e. The molecular formula is C26H29F2N5O2. The van der Waals surface area contributed by atoms with Crippen LogP contribution in [0.3, 0.4) is 0 Å². The molecule has 0 unspecified atom stereocenters. The largest absolute Gasteiger partial charge is 0.350 e. The lowest BCUT2D eigenvalue weighted by Gasteiger charge is -2.40. The number of likely N-dealkylation sites (tertiary alicyclic amines) is 2. The number of aromatic nitrogens is 2. The molecule has 0 bridgehead atoms. The van der Waals surface area contributed by atoms with Crippen molar-refractivity contribution in [1.82, 2.24) is 24.5 Å². The zero-order valence-corrected chi connectivity index (χ0v) is 19.7. The first-order valence-electron chi connectivity index (χ1n) is 12.1. The second kappa shape index (κ2) is 9.73. The molecule has 184 valence electrons. The summed E-state index contributed by atoms with van der Waals surface area (Å²) >= 11 is 0. The summed E-state index contributed by atoms with van der Waals surface area (Å²) in [5.74, 6) is -1.93. The van der Waals surface area contributed by atoms with Gasteiger partial charge in [-0.1, -0.05) is 6.07 Å². The third-order valence-electron chi connectivity index (χ3n) is 7.28. The van der Waals surface area contributed by atoms with Crippen LogP contribution in [-0.2, 0) is 4.79 Å². The quantitative estimate of drug-likeness (QED) is 0.608. The fourth-order valence-corrected chi connectivity index (χ4v) is 5.35. The van der Waals surface area contributed by atoms with Crippen molar-refractivity contribution >= 4 is 17.3 Å². The Morgan fingerprint density at radius 1 is 1.09 bits per heavy atom. The molecule has 2 aliphatic heterocycles. The van der Waals surface area contributed by atoms with Gasteiger partial charge >= 0.3 is 0 Å². The third kappa shape index (κ3) is 4.77. The van der Waals surface area contributed by atoms with Gasteiger partial charge in [0.15, 0.2) is 0 Å². The molecule has 3 aromatic rings. The molecule has 7 nitrogen and oxygen atoms in total. The van der Waals surface area contributed by atoms with Crippen molar-refractivity contribution in [2.24, 2.45) is 0 Å². The summed E-state index contributed by atoms with van der Waals surface area (Å²) in [6, 6.07) is 8.12. The van der Waals surface area contributed by atoms with Gasteiger partial charge in [-0.15, -0.1) is 0 Å². The number of piperidine rings is 1. The van der Waals surface area contributed by atoms with Crippen LogP contribution in [0.25, 0.3) is 5.52 Å². The van der Waals surface area contributed by atoms with E-state index in [4.69, 9.17) is 0 Å². The highest BCUT2D eigenvalue weighted by molar-refractivity contribution is 5.93. The Labute approximate surface area is 202 Å². The molecule has 1 N–H and O–H groups in total. The summed E-state index contributed by atoms with van der Waals surface area (Å²) in [4.78, 5) is 34.6. The molecule has 4 heterocycles. The van der Waals surface area contributed by atoms with E-state index in [1.165, 1.54) is 12.1 Å². The van der Waals surface area contributed by atoms with Crippen LogP contribution in [0.5, 0.6) is 0 Å². The molecule has 0 radical (unpaired) electrons. The van der Waals surface area contributed by atoms with Crippen molar-refractivity contribution in [3.63, 3.8) is 0 Å². The molecule has 2 amide bonds. The Bertz CT molecular complexity index is 1220. The van der Waals surface area contributed by atoms with Crippen LogP contribution in [0.4, 0.5) is 8.78 Å². The lowest BCUT2D eigenvalue weighted by atomic mass is 9.84. The number of carbonyl (C=O) groups excluding carboxylic acids is 2. The highest BCUT2D eigenvalue weighted by Gasteiger charge is 2.36. The first-order chi connectivity index (χ1) is 16.9. The van der Waals surface area contributed by atoms with Crippen molar-refractivity contribution < 1.29 is 18.4 Å². The van der Waals surface area contributed by atoms with Crippen molar-refractivity contribution in [2.45, 2.75) is 44.2 Å². The van der Waals surface area contributed by atoms with Gasteiger partial charge < -0.3 is 10.2 Å². The normalized spacial score (nSPS) is 21.9. The lowest BCUT2D eigenvalue weighted by Crippen LogP contribution is -2.56. The molecular weight excluding hydrogens is 452 g/mol. The highest BCUT2D eigenvalue weighted by atomic mass is 19.1. The first-order valence-corrected chi connectivity index (χ1v) is 12.1. The second-order valence-corrected chi connectivity index (χ2v) is 9.48. The minimum atomic E-state index is -0.652. The predicted octanol–water partition coefficient (Wildman–Crippen LogP) is 3.21. The number of rotatable bonds is 5. The number of carbonyl (C=O) groups is 2. The Kier molecular flexibility index (Phi) is 6.51. The number of fused-ring (bicyclic) bond motifs is 1. The molecule has 0 saturated carbocycles. The average Bonchev–Trinajstić information content (AvgIpc) is 3.54. The molecule has 3 atom stereocenters. The van der Waals surface area contributed by atoms with Crippen molar-refractivity contribution in [1.29, 1.82) is 0 Å². The summed E-state index contributed by atoms with van der Waals surface area (Å²) in [5, 5.41) is 3.11. The summed E-state index contributed by atoms with van der Waals surface area (Å²) < 4.78 is 29.8. The third-order valence-corrected chi connectivity index (χ3v) is 7.28. The van der Waals surface area contributed by atoms with E-state index in [0.29, 0.717) is 24.2 Å². The van der Waals surface area contributed by atoms with Gasteiger partial charge in [0, 0.05) is 25.1 Å². The predicted molar refractivity (Wildman–Crippen MR) is 127 cm³/mol. The zero-order valence-electron chi connectivity index (χ0n) is 19.7. The second-order valence-electron chi connectivity index (χ2n) is 9.48. The SMILES string of the molecule is C[C@H](C(=O)N[C@@H]1CN(C(=O)c2cccc3cncn23)CC[C@H]1c1cc(F)cc(F)c1)N1CCCC1. The standard InChI is InChI=1S/C26H29F2N5O2/c1-17(31-8-2-3-9-31)25(34)30-23-15-32(10-7-22(23)18-11-19(27)13-20(28)12-18)26(35)24-6-4-5-21-14-29-16-33(21)24/h4-6,11-14,16-17,22-23H,2-3,7-10,15H2,1H3,(H,30,34)/t17-,22+,23-/m1/s1. The van der Waals surface area contributed by atoms with E-state index >= 15 is 0 Å². The summed E-state index contributed by atoms with van der Waals surface area (Å²) in [6.45, 7) is 4.27. The number of nitrogens with zero attached hydrogens (tertiary/aromatic N) is 4. The number of hydrogen-bond acceptors (Lipinski definition) is 4. The lowest BCUT2D eigenvalue weighted by molar-refractivity contribution is -0.126. The number of nitrogens with one attached hydrogen (secondary N) is 1. The highest BCUT2D eigenvalue weighted by Crippen LogP contribution is 2.31. The Balaban J connectivity index is 1.41. The first kappa shape index (κ1) is 23.4. The number of halogens is 2. The number of imidazole rings is 1. The maximum Gasteiger partial charge on any atom is 0.270 e. The van der Waals surface area contributed by atoms with Crippen LogP contribution in [0, 0.1) is 11.6 Å². The van der Waals surface area contributed by atoms with Crippen molar-refractivity contribution in [3.05, 3.63) is 71.8 Å². The molecule has 35 heavy (non-hydrogen) atoms. The van der Waals surface area contributed by atoms with Crippen LogP contribution in [0.1, 0.15) is 48.2 Å². The zero-order chi connectivity index (χ0) is 24.5. The minimum absolute atomic E-state index is 0.134. The van der Waals surface area contributed by atoms with Crippen LogP contribution in [0.2, 0.25) is 0 Å². The smallest absolute Gasteiger partial charge is 0.270 e. The molecule has 9 heteroatoms. The van der Waals surface area contributed by atoms with E-state index in [-0.39, 0.29) is 30.3 Å². The molecule has 2 aliphatic rings. The number of hydrogen-bond donors (Lipinski definition) is 1. The topological polar surface area (TPSA) is 70.0 Å². The van der Waals surface area contributed by atoms with E-state index in [1.54, 1.807) is 27.9 Å². The van der Waals surface area contributed by atoms with E-state index in [0.717, 1.165) is 37.5 Å². The Hall–Kier alpha value is -3.33. The van der Waals surface area contributed by atoms with Gasteiger partial charge in [-0.25, -0.2) is 13.8 Å². The Morgan fingerprint density at radius 2 is 1.83 bits per heavy atom. The van der Waals surface area contributed by atoms with Gasteiger partial charge in [0.05, 0.1) is 30.1 Å². The molecule has 2 saturated heterocycles. The summed E-state index contributed by atoms with van der Waals surface area (Å²) in [7, 11) is 0.